The summed E-state index contributed by atoms with van der Waals surface area (Å²) < 4.78 is 0. The van der Waals surface area contributed by atoms with Crippen LogP contribution < -0.4 is 11.1 Å². The van der Waals surface area contributed by atoms with Gasteiger partial charge in [-0.3, -0.25) is 0 Å². The summed E-state index contributed by atoms with van der Waals surface area (Å²) in [6.45, 7) is 3.08. The largest absolute Gasteiger partial charge is 0.397 e. The quantitative estimate of drug-likeness (QED) is 0.518. The lowest BCUT2D eigenvalue weighted by Gasteiger charge is -2.11. The van der Waals surface area contributed by atoms with Gasteiger partial charge in [-0.25, -0.2) is 0 Å². The summed E-state index contributed by atoms with van der Waals surface area (Å²) in [6, 6.07) is 7.28. The summed E-state index contributed by atoms with van der Waals surface area (Å²) in [5, 5.41) is 20.8. The van der Waals surface area contributed by atoms with E-state index in [1.807, 2.05) is 19.1 Å². The Morgan fingerprint density at radius 3 is 2.88 bits per heavy atom. The van der Waals surface area contributed by atoms with Crippen molar-refractivity contribution in [1.82, 2.24) is 0 Å². The Hall–Kier alpha value is -1.73. The molecule has 1 atom stereocenters. The molecule has 0 saturated heterocycles. The normalized spacial score (nSPS) is 11.8. The number of rotatable bonds is 6. The molecule has 1 rings (SSSR count). The van der Waals surface area contributed by atoms with Crippen molar-refractivity contribution < 1.29 is 5.11 Å². The lowest BCUT2D eigenvalue weighted by Crippen LogP contribution is -2.07. The van der Waals surface area contributed by atoms with E-state index < -0.39 is 0 Å². The molecule has 0 aliphatic rings. The Labute approximate surface area is 102 Å². The summed E-state index contributed by atoms with van der Waals surface area (Å²) in [6.07, 6.45) is 1.97. The van der Waals surface area contributed by atoms with Crippen LogP contribution in [0.15, 0.2) is 18.2 Å². The van der Waals surface area contributed by atoms with Gasteiger partial charge < -0.3 is 16.2 Å². The molecule has 0 amide bonds. The van der Waals surface area contributed by atoms with E-state index in [-0.39, 0.29) is 6.61 Å². The van der Waals surface area contributed by atoms with Crippen LogP contribution >= 0.6 is 0 Å². The zero-order valence-electron chi connectivity index (χ0n) is 10.1. The smallest absolute Gasteiger partial charge is 0.0992 e. The van der Waals surface area contributed by atoms with Gasteiger partial charge in [-0.05, 0) is 37.0 Å². The first-order valence-corrected chi connectivity index (χ1v) is 5.81. The number of nitrogens with zero attached hydrogens (tertiary/aromatic N) is 1. The van der Waals surface area contributed by atoms with Crippen LogP contribution in [0.3, 0.4) is 0 Å². The van der Waals surface area contributed by atoms with Crippen LogP contribution in [0.5, 0.6) is 0 Å². The Balaban J connectivity index is 2.40. The minimum absolute atomic E-state index is 0.235. The molecule has 1 unspecified atom stereocenters. The van der Waals surface area contributed by atoms with Gasteiger partial charge in [0.2, 0.25) is 0 Å². The van der Waals surface area contributed by atoms with Gasteiger partial charge in [-0.15, -0.1) is 0 Å². The number of aliphatic hydroxyl groups excluding tert-OH is 1. The average molecular weight is 233 g/mol. The summed E-state index contributed by atoms with van der Waals surface area (Å²) in [4.78, 5) is 0. The van der Waals surface area contributed by atoms with Crippen LogP contribution in [-0.4, -0.2) is 18.3 Å². The Bertz CT molecular complexity index is 398. The van der Waals surface area contributed by atoms with Gasteiger partial charge >= 0.3 is 0 Å². The minimum atomic E-state index is 0.235. The molecule has 4 N–H and O–H groups in total. The van der Waals surface area contributed by atoms with Crippen molar-refractivity contribution in [3.05, 3.63) is 23.8 Å². The van der Waals surface area contributed by atoms with Crippen LogP contribution in [-0.2, 0) is 0 Å². The van der Waals surface area contributed by atoms with Crippen molar-refractivity contribution in [2.24, 2.45) is 5.92 Å². The van der Waals surface area contributed by atoms with Crippen LogP contribution in [0.4, 0.5) is 11.4 Å². The van der Waals surface area contributed by atoms with Crippen LogP contribution in [0, 0.1) is 17.2 Å². The molecular weight excluding hydrogens is 214 g/mol. The van der Waals surface area contributed by atoms with Crippen molar-refractivity contribution in [3.8, 4) is 6.07 Å². The highest BCUT2D eigenvalue weighted by atomic mass is 16.3. The standard InChI is InChI=1S/C13H19N3O/c1-10(9-17)3-2-6-16-13-5-4-11(8-14)7-12(13)15/h4-5,7,10,16-17H,2-3,6,9,15H2,1H3. The third kappa shape index (κ3) is 4.33. The summed E-state index contributed by atoms with van der Waals surface area (Å²) >= 11 is 0. The molecule has 0 radical (unpaired) electrons. The predicted octanol–water partition coefficient (Wildman–Crippen LogP) is 1.96. The molecule has 0 bridgehead atoms. The maximum Gasteiger partial charge on any atom is 0.0992 e. The average Bonchev–Trinajstić information content (AvgIpc) is 2.35. The third-order valence-corrected chi connectivity index (χ3v) is 2.68. The molecule has 0 heterocycles. The second-order valence-corrected chi connectivity index (χ2v) is 4.27. The molecule has 0 saturated carbocycles. The number of hydrogen-bond donors (Lipinski definition) is 3. The van der Waals surface area contributed by atoms with Gasteiger partial charge in [0.15, 0.2) is 0 Å². The first kappa shape index (κ1) is 13.3. The zero-order valence-corrected chi connectivity index (χ0v) is 10.1. The molecule has 0 aliphatic carbocycles. The van der Waals surface area contributed by atoms with Crippen LogP contribution in [0.1, 0.15) is 25.3 Å². The monoisotopic (exact) mass is 233 g/mol. The van der Waals surface area contributed by atoms with Gasteiger partial charge in [0.05, 0.1) is 23.0 Å². The number of aliphatic hydroxyl groups is 1. The third-order valence-electron chi connectivity index (χ3n) is 2.68. The second kappa shape index (κ2) is 6.77. The number of nitrogens with two attached hydrogens (primary N) is 1. The maximum atomic E-state index is 8.88. The Kier molecular flexibility index (Phi) is 5.31. The molecule has 4 heteroatoms. The fraction of sp³-hybridized carbons (Fsp3) is 0.462. The molecule has 0 fully saturated rings. The fourth-order valence-electron chi connectivity index (χ4n) is 1.56. The highest BCUT2D eigenvalue weighted by Crippen LogP contribution is 2.19. The van der Waals surface area contributed by atoms with Crippen LogP contribution in [0.2, 0.25) is 0 Å². The van der Waals surface area contributed by atoms with Gasteiger partial charge in [0.1, 0.15) is 0 Å². The molecule has 4 nitrogen and oxygen atoms in total. The van der Waals surface area contributed by atoms with E-state index in [9.17, 15) is 0 Å². The van der Waals surface area contributed by atoms with E-state index in [4.69, 9.17) is 16.1 Å². The van der Waals surface area contributed by atoms with Gasteiger partial charge in [0, 0.05) is 13.2 Å². The molecule has 17 heavy (non-hydrogen) atoms. The molecule has 1 aromatic rings. The second-order valence-electron chi connectivity index (χ2n) is 4.27. The first-order chi connectivity index (χ1) is 8.17. The zero-order chi connectivity index (χ0) is 12.7. The molecule has 0 aliphatic heterocycles. The SMILES string of the molecule is CC(CO)CCCNc1ccc(C#N)cc1N. The molecular formula is C13H19N3O. The number of nitriles is 1. The molecule has 0 spiro atoms. The van der Waals surface area contributed by atoms with E-state index >= 15 is 0 Å². The number of nitrogen functional groups attached to an aromatic ring is 1. The minimum Gasteiger partial charge on any atom is -0.397 e. The van der Waals surface area contributed by atoms with Crippen molar-refractivity contribution in [2.75, 3.05) is 24.2 Å². The van der Waals surface area contributed by atoms with Gasteiger partial charge in [-0.2, -0.15) is 5.26 Å². The van der Waals surface area contributed by atoms with Crippen molar-refractivity contribution in [2.45, 2.75) is 19.8 Å². The number of nitrogens with one attached hydrogen (secondary N) is 1. The summed E-state index contributed by atoms with van der Waals surface area (Å²) in [5.74, 6) is 0.343. The summed E-state index contributed by atoms with van der Waals surface area (Å²) in [5.41, 5.74) is 7.84. The number of hydrogen-bond acceptors (Lipinski definition) is 4. The Morgan fingerprint density at radius 2 is 2.29 bits per heavy atom. The lowest BCUT2D eigenvalue weighted by molar-refractivity contribution is 0.229. The highest BCUT2D eigenvalue weighted by molar-refractivity contribution is 5.68. The summed E-state index contributed by atoms with van der Waals surface area (Å²) in [7, 11) is 0. The molecule has 1 aromatic carbocycles. The predicted molar refractivity (Wildman–Crippen MR) is 69.5 cm³/mol. The van der Waals surface area contributed by atoms with Crippen LogP contribution in [0.25, 0.3) is 0 Å². The topological polar surface area (TPSA) is 82.1 Å². The number of benzene rings is 1. The highest BCUT2D eigenvalue weighted by Gasteiger charge is 2.02. The van der Waals surface area contributed by atoms with E-state index in [0.717, 1.165) is 25.1 Å². The van der Waals surface area contributed by atoms with E-state index in [0.29, 0.717) is 17.2 Å². The Morgan fingerprint density at radius 1 is 1.53 bits per heavy atom. The fourth-order valence-corrected chi connectivity index (χ4v) is 1.56. The molecule has 92 valence electrons. The number of anilines is 2. The van der Waals surface area contributed by atoms with Gasteiger partial charge in [0.25, 0.3) is 0 Å². The first-order valence-electron chi connectivity index (χ1n) is 5.81. The lowest BCUT2D eigenvalue weighted by atomic mass is 10.1. The van der Waals surface area contributed by atoms with Gasteiger partial charge in [-0.1, -0.05) is 6.92 Å². The van der Waals surface area contributed by atoms with E-state index in [1.165, 1.54) is 0 Å². The van der Waals surface area contributed by atoms with Crippen molar-refractivity contribution in [3.63, 3.8) is 0 Å². The van der Waals surface area contributed by atoms with E-state index in [1.54, 1.807) is 12.1 Å². The van der Waals surface area contributed by atoms with E-state index in [2.05, 4.69) is 5.32 Å². The molecule has 0 aromatic heterocycles. The van der Waals surface area contributed by atoms with Crippen molar-refractivity contribution in [1.29, 1.82) is 5.26 Å². The maximum absolute atomic E-state index is 8.88. The van der Waals surface area contributed by atoms with Crippen molar-refractivity contribution >= 4 is 11.4 Å².